The van der Waals surface area contributed by atoms with Gasteiger partial charge in [-0.3, -0.25) is 20.0 Å². The Kier molecular flexibility index (Phi) is 4.13. The van der Waals surface area contributed by atoms with E-state index in [4.69, 9.17) is 12.2 Å². The topological polar surface area (TPSA) is 128 Å². The van der Waals surface area contributed by atoms with Gasteiger partial charge in [-0.1, -0.05) is 29.5 Å². The van der Waals surface area contributed by atoms with Crippen molar-refractivity contribution in [3.05, 3.63) is 74.8 Å². The minimum absolute atomic E-state index is 0.0427. The lowest BCUT2D eigenvalue weighted by molar-refractivity contribution is -0.385. The second kappa shape index (κ2) is 6.84. The van der Waals surface area contributed by atoms with Crippen LogP contribution in [0.4, 0.5) is 5.69 Å². The molecule has 1 fully saturated rings. The van der Waals surface area contributed by atoms with Crippen LogP contribution >= 0.6 is 12.2 Å². The van der Waals surface area contributed by atoms with Crippen molar-refractivity contribution in [2.24, 2.45) is 0 Å². The number of nitro groups is 1. The number of nitrogens with one attached hydrogen (secondary N) is 1. The number of hydrogen-bond acceptors (Lipinski definition) is 7. The van der Waals surface area contributed by atoms with Gasteiger partial charge in [-0.2, -0.15) is 5.10 Å². The molecule has 1 unspecified atom stereocenters. The molecule has 1 atom stereocenters. The summed E-state index contributed by atoms with van der Waals surface area (Å²) in [6.45, 7) is 0.209. The average Bonchev–Trinajstić information content (AvgIpc) is 3.31. The predicted molar refractivity (Wildman–Crippen MR) is 108 cm³/mol. The number of amides is 1. The van der Waals surface area contributed by atoms with Crippen LogP contribution in [0, 0.1) is 14.9 Å². The SMILES string of the molecule is O=C1CC(c2ccccc2[N+](=O)[O-])N1n1c(Cn2nnc3ccccc32)n[nH]c1=S. The third-order valence-electron chi connectivity index (χ3n) is 5.06. The zero-order valence-corrected chi connectivity index (χ0v) is 16.2. The molecule has 1 saturated heterocycles. The van der Waals surface area contributed by atoms with Gasteiger partial charge in [0.25, 0.3) is 5.69 Å². The Morgan fingerprint density at radius 1 is 1.20 bits per heavy atom. The summed E-state index contributed by atoms with van der Waals surface area (Å²) in [5.41, 5.74) is 1.94. The molecule has 0 saturated carbocycles. The minimum atomic E-state index is -0.519. The average molecular weight is 422 g/mol. The van der Waals surface area contributed by atoms with Crippen LogP contribution in [0.1, 0.15) is 23.9 Å². The maximum atomic E-state index is 12.5. The lowest BCUT2D eigenvalue weighted by atomic mass is 9.94. The van der Waals surface area contributed by atoms with E-state index in [-0.39, 0.29) is 29.3 Å². The van der Waals surface area contributed by atoms with Gasteiger partial charge in [-0.05, 0) is 30.4 Å². The number of aromatic amines is 1. The highest BCUT2D eigenvalue weighted by Gasteiger charge is 2.43. The monoisotopic (exact) mass is 422 g/mol. The van der Waals surface area contributed by atoms with E-state index in [9.17, 15) is 14.9 Å². The zero-order chi connectivity index (χ0) is 20.8. The molecular formula is C18H14N8O3S. The molecule has 0 radical (unpaired) electrons. The molecule has 11 nitrogen and oxygen atoms in total. The smallest absolute Gasteiger partial charge is 0.273 e. The van der Waals surface area contributed by atoms with E-state index < -0.39 is 11.0 Å². The number of nitro benzene ring substituents is 1. The van der Waals surface area contributed by atoms with Crippen molar-refractivity contribution in [2.75, 3.05) is 5.01 Å². The van der Waals surface area contributed by atoms with E-state index in [0.29, 0.717) is 11.4 Å². The third kappa shape index (κ3) is 2.76. The van der Waals surface area contributed by atoms with Crippen LogP contribution in [0.5, 0.6) is 0 Å². The predicted octanol–water partition coefficient (Wildman–Crippen LogP) is 2.25. The molecule has 0 aliphatic carbocycles. The molecule has 1 aliphatic heterocycles. The number of aromatic nitrogens is 6. The Morgan fingerprint density at radius 3 is 2.77 bits per heavy atom. The molecule has 2 aromatic heterocycles. The van der Waals surface area contributed by atoms with Crippen molar-refractivity contribution < 1.29 is 9.72 Å². The fourth-order valence-corrected chi connectivity index (χ4v) is 3.89. The number of fused-ring (bicyclic) bond motifs is 1. The summed E-state index contributed by atoms with van der Waals surface area (Å²) < 4.78 is 3.35. The van der Waals surface area contributed by atoms with Crippen molar-refractivity contribution in [1.82, 2.24) is 29.9 Å². The molecule has 150 valence electrons. The Labute approximate surface area is 173 Å². The Morgan fingerprint density at radius 2 is 1.97 bits per heavy atom. The van der Waals surface area contributed by atoms with E-state index in [1.54, 1.807) is 22.9 Å². The number of carbonyl (C=O) groups is 1. The maximum Gasteiger partial charge on any atom is 0.274 e. The van der Waals surface area contributed by atoms with Crippen molar-refractivity contribution in [3.8, 4) is 0 Å². The van der Waals surface area contributed by atoms with Crippen LogP contribution in [0.3, 0.4) is 0 Å². The minimum Gasteiger partial charge on any atom is -0.273 e. The number of rotatable bonds is 5. The zero-order valence-electron chi connectivity index (χ0n) is 15.4. The molecule has 5 rings (SSSR count). The number of H-pyrrole nitrogens is 1. The molecule has 0 spiro atoms. The van der Waals surface area contributed by atoms with Gasteiger partial charge >= 0.3 is 0 Å². The highest BCUT2D eigenvalue weighted by atomic mass is 32.1. The normalized spacial score (nSPS) is 16.1. The van der Waals surface area contributed by atoms with E-state index in [0.717, 1.165) is 11.0 Å². The molecule has 1 aliphatic rings. The lowest BCUT2D eigenvalue weighted by Crippen LogP contribution is -2.54. The summed E-state index contributed by atoms with van der Waals surface area (Å²) in [5.74, 6) is 0.229. The molecule has 30 heavy (non-hydrogen) atoms. The summed E-state index contributed by atoms with van der Waals surface area (Å²) >= 11 is 5.35. The fraction of sp³-hybridized carbons (Fsp3) is 0.167. The van der Waals surface area contributed by atoms with Gasteiger partial charge in [0.15, 0.2) is 5.82 Å². The first-order valence-electron chi connectivity index (χ1n) is 9.05. The van der Waals surface area contributed by atoms with Gasteiger partial charge in [-0.15, -0.1) is 5.10 Å². The Balaban J connectivity index is 1.55. The van der Waals surface area contributed by atoms with Crippen LogP contribution in [0.15, 0.2) is 48.5 Å². The van der Waals surface area contributed by atoms with Gasteiger partial charge in [-0.25, -0.2) is 14.4 Å². The summed E-state index contributed by atoms with van der Waals surface area (Å²) in [7, 11) is 0. The van der Waals surface area contributed by atoms with Crippen LogP contribution in [0.25, 0.3) is 11.0 Å². The number of para-hydroxylation sites is 2. The molecule has 12 heteroatoms. The first kappa shape index (κ1) is 18.1. The van der Waals surface area contributed by atoms with Crippen LogP contribution in [-0.4, -0.2) is 40.7 Å². The van der Waals surface area contributed by atoms with Crippen molar-refractivity contribution in [2.45, 2.75) is 19.0 Å². The van der Waals surface area contributed by atoms with E-state index in [1.807, 2.05) is 24.3 Å². The molecular weight excluding hydrogens is 408 g/mol. The summed E-state index contributed by atoms with van der Waals surface area (Å²) in [5, 5.41) is 28.1. The number of nitrogens with zero attached hydrogens (tertiary/aromatic N) is 7. The van der Waals surface area contributed by atoms with E-state index in [2.05, 4.69) is 20.5 Å². The first-order valence-corrected chi connectivity index (χ1v) is 9.45. The number of benzene rings is 2. The summed E-state index contributed by atoms with van der Waals surface area (Å²) in [4.78, 5) is 23.5. The highest BCUT2D eigenvalue weighted by molar-refractivity contribution is 7.71. The summed E-state index contributed by atoms with van der Waals surface area (Å²) in [6, 6.07) is 13.3. The fourth-order valence-electron chi connectivity index (χ4n) is 3.65. The third-order valence-corrected chi connectivity index (χ3v) is 5.32. The van der Waals surface area contributed by atoms with E-state index in [1.165, 1.54) is 15.8 Å². The molecule has 4 aromatic rings. The highest BCUT2D eigenvalue weighted by Crippen LogP contribution is 2.38. The second-order valence-electron chi connectivity index (χ2n) is 6.77. The first-order chi connectivity index (χ1) is 14.5. The van der Waals surface area contributed by atoms with Gasteiger partial charge in [0.1, 0.15) is 12.1 Å². The Bertz CT molecular complexity index is 1360. The van der Waals surface area contributed by atoms with Crippen molar-refractivity contribution in [3.63, 3.8) is 0 Å². The standard InChI is InChI=1S/C18H14N8O3S/c27-17-9-15(11-5-1-3-7-13(11)26(28)29)24(17)25-16(20-21-18(25)30)10-23-14-8-4-2-6-12(14)19-22-23/h1-8,15H,9-10H2,(H,21,30). The maximum absolute atomic E-state index is 12.5. The second-order valence-corrected chi connectivity index (χ2v) is 7.15. The number of hydrogen-bond donors (Lipinski definition) is 1. The van der Waals surface area contributed by atoms with Crippen molar-refractivity contribution >= 4 is 34.8 Å². The number of β-lactam (4-membered cyclic amide) rings is 1. The lowest BCUT2D eigenvalue weighted by Gasteiger charge is -2.40. The quantitative estimate of drug-likeness (QED) is 0.226. The van der Waals surface area contributed by atoms with E-state index >= 15 is 0 Å². The van der Waals surface area contributed by atoms with Crippen LogP contribution in [-0.2, 0) is 11.3 Å². The van der Waals surface area contributed by atoms with Gasteiger partial charge in [0, 0.05) is 6.07 Å². The van der Waals surface area contributed by atoms with Gasteiger partial charge in [0.2, 0.25) is 10.7 Å². The van der Waals surface area contributed by atoms with Crippen LogP contribution < -0.4 is 5.01 Å². The summed E-state index contributed by atoms with van der Waals surface area (Å²) in [6.07, 6.45) is 0.142. The molecule has 2 aromatic carbocycles. The van der Waals surface area contributed by atoms with Crippen LogP contribution in [0.2, 0.25) is 0 Å². The largest absolute Gasteiger partial charge is 0.274 e. The molecule has 0 bridgehead atoms. The molecule has 3 heterocycles. The Hall–Kier alpha value is -3.93. The van der Waals surface area contributed by atoms with Crippen molar-refractivity contribution in [1.29, 1.82) is 0 Å². The molecule has 1 N–H and O–H groups in total. The van der Waals surface area contributed by atoms with Gasteiger partial charge in [0.05, 0.1) is 28.5 Å². The number of carbonyl (C=O) groups excluding carboxylic acids is 1. The molecule has 1 amide bonds. The van der Waals surface area contributed by atoms with Gasteiger partial charge < -0.3 is 0 Å².